The lowest BCUT2D eigenvalue weighted by molar-refractivity contribution is -0.137. The van der Waals surface area contributed by atoms with Crippen molar-refractivity contribution in [3.8, 4) is 0 Å². The fraction of sp³-hybridized carbons (Fsp3) is 0.250. The molecule has 0 spiro atoms. The Morgan fingerprint density at radius 1 is 1.20 bits per heavy atom. The standard InChI is InChI=1S/C16H14F3N5O/c1-9-6-10(2)24-13(22-23-15(24)21-9)8-20-14(25)11-4-3-5-12(7-11)16(17,18)19/h3-7H,8H2,1-2H3,(H,20,25). The molecule has 0 saturated carbocycles. The van der Waals surface area contributed by atoms with Crippen molar-refractivity contribution in [2.45, 2.75) is 26.6 Å². The van der Waals surface area contributed by atoms with E-state index in [-0.39, 0.29) is 12.1 Å². The largest absolute Gasteiger partial charge is 0.416 e. The Morgan fingerprint density at radius 3 is 2.68 bits per heavy atom. The maximum atomic E-state index is 12.7. The van der Waals surface area contributed by atoms with Crippen molar-refractivity contribution < 1.29 is 18.0 Å². The number of aromatic nitrogens is 4. The molecule has 3 rings (SSSR count). The van der Waals surface area contributed by atoms with Gasteiger partial charge < -0.3 is 5.32 Å². The lowest BCUT2D eigenvalue weighted by atomic mass is 10.1. The smallest absolute Gasteiger partial charge is 0.345 e. The second-order valence-electron chi connectivity index (χ2n) is 5.55. The molecule has 0 bridgehead atoms. The lowest BCUT2D eigenvalue weighted by Gasteiger charge is -2.09. The third-order valence-electron chi connectivity index (χ3n) is 3.62. The molecule has 25 heavy (non-hydrogen) atoms. The van der Waals surface area contributed by atoms with Gasteiger partial charge in [0.15, 0.2) is 5.82 Å². The Hall–Kier alpha value is -2.97. The molecule has 0 aliphatic heterocycles. The molecule has 0 atom stereocenters. The second-order valence-corrected chi connectivity index (χ2v) is 5.55. The van der Waals surface area contributed by atoms with Crippen LogP contribution >= 0.6 is 0 Å². The van der Waals surface area contributed by atoms with Crippen molar-refractivity contribution >= 4 is 11.7 Å². The van der Waals surface area contributed by atoms with E-state index in [0.29, 0.717) is 11.6 Å². The zero-order valence-electron chi connectivity index (χ0n) is 13.4. The number of halogens is 3. The van der Waals surface area contributed by atoms with Crippen molar-refractivity contribution in [3.05, 3.63) is 58.7 Å². The fourth-order valence-corrected chi connectivity index (χ4v) is 2.51. The molecule has 0 unspecified atom stereocenters. The molecule has 1 amide bonds. The molecule has 0 fully saturated rings. The maximum absolute atomic E-state index is 12.7. The monoisotopic (exact) mass is 349 g/mol. The number of hydrogen-bond donors (Lipinski definition) is 1. The molecule has 1 aromatic carbocycles. The summed E-state index contributed by atoms with van der Waals surface area (Å²) in [4.78, 5) is 16.4. The molecule has 9 heteroatoms. The van der Waals surface area contributed by atoms with Gasteiger partial charge in [0.1, 0.15) is 0 Å². The molecule has 130 valence electrons. The number of nitrogens with zero attached hydrogens (tertiary/aromatic N) is 4. The number of carbonyl (C=O) groups excluding carboxylic acids is 1. The van der Waals surface area contributed by atoms with E-state index in [9.17, 15) is 18.0 Å². The Labute approximate surface area is 140 Å². The first-order valence-corrected chi connectivity index (χ1v) is 7.39. The van der Waals surface area contributed by atoms with Crippen LogP contribution in [0.2, 0.25) is 0 Å². The number of fused-ring (bicyclic) bond motifs is 1. The van der Waals surface area contributed by atoms with Crippen LogP contribution in [-0.4, -0.2) is 25.5 Å². The summed E-state index contributed by atoms with van der Waals surface area (Å²) in [5.74, 6) is 0.224. The molecular formula is C16H14F3N5O. The van der Waals surface area contributed by atoms with Gasteiger partial charge in [-0.15, -0.1) is 10.2 Å². The van der Waals surface area contributed by atoms with Crippen molar-refractivity contribution in [3.63, 3.8) is 0 Å². The van der Waals surface area contributed by atoms with Crippen LogP contribution in [0.5, 0.6) is 0 Å². The predicted molar refractivity (Wildman–Crippen MR) is 82.9 cm³/mol. The summed E-state index contributed by atoms with van der Waals surface area (Å²) in [5.41, 5.74) is 0.686. The number of carbonyl (C=O) groups is 1. The highest BCUT2D eigenvalue weighted by Crippen LogP contribution is 2.29. The minimum Gasteiger partial charge on any atom is -0.345 e. The van der Waals surface area contributed by atoms with Crippen molar-refractivity contribution in [2.24, 2.45) is 0 Å². The highest BCUT2D eigenvalue weighted by molar-refractivity contribution is 5.94. The van der Waals surface area contributed by atoms with E-state index in [4.69, 9.17) is 0 Å². The lowest BCUT2D eigenvalue weighted by Crippen LogP contribution is -2.24. The number of amides is 1. The number of rotatable bonds is 3. The molecule has 0 saturated heterocycles. The Balaban J connectivity index is 1.79. The van der Waals surface area contributed by atoms with Gasteiger partial charge in [-0.05, 0) is 38.1 Å². The summed E-state index contributed by atoms with van der Waals surface area (Å²) >= 11 is 0. The summed E-state index contributed by atoms with van der Waals surface area (Å²) in [6.45, 7) is 3.70. The van der Waals surface area contributed by atoms with E-state index < -0.39 is 17.6 Å². The van der Waals surface area contributed by atoms with E-state index in [1.165, 1.54) is 12.1 Å². The first-order valence-electron chi connectivity index (χ1n) is 7.39. The first-order chi connectivity index (χ1) is 11.8. The van der Waals surface area contributed by atoms with Crippen LogP contribution in [0, 0.1) is 13.8 Å². The molecule has 0 radical (unpaired) electrons. The van der Waals surface area contributed by atoms with Crippen LogP contribution in [0.4, 0.5) is 13.2 Å². The van der Waals surface area contributed by atoms with Crippen LogP contribution in [0.3, 0.4) is 0 Å². The van der Waals surface area contributed by atoms with Crippen molar-refractivity contribution in [1.29, 1.82) is 0 Å². The number of nitrogens with one attached hydrogen (secondary N) is 1. The number of benzene rings is 1. The van der Waals surface area contributed by atoms with Crippen LogP contribution < -0.4 is 5.32 Å². The minimum atomic E-state index is -4.50. The molecule has 6 nitrogen and oxygen atoms in total. The van der Waals surface area contributed by atoms with Crippen LogP contribution in [0.1, 0.15) is 33.1 Å². The van der Waals surface area contributed by atoms with E-state index in [1.807, 2.05) is 19.9 Å². The third kappa shape index (κ3) is 3.44. The van der Waals surface area contributed by atoms with E-state index in [2.05, 4.69) is 20.5 Å². The van der Waals surface area contributed by atoms with Crippen LogP contribution in [0.15, 0.2) is 30.3 Å². The average molecular weight is 349 g/mol. The summed E-state index contributed by atoms with van der Waals surface area (Å²) in [6, 6.07) is 6.09. The second kappa shape index (κ2) is 6.15. The molecule has 0 aliphatic carbocycles. The van der Waals surface area contributed by atoms with E-state index in [0.717, 1.165) is 23.5 Å². The number of alkyl halides is 3. The first kappa shape index (κ1) is 16.9. The maximum Gasteiger partial charge on any atom is 0.416 e. The molecule has 3 aromatic rings. The predicted octanol–water partition coefficient (Wildman–Crippen LogP) is 2.69. The summed E-state index contributed by atoms with van der Waals surface area (Å²) in [5, 5.41) is 10.5. The van der Waals surface area contributed by atoms with Crippen LogP contribution in [-0.2, 0) is 12.7 Å². The van der Waals surface area contributed by atoms with E-state index in [1.54, 1.807) is 4.40 Å². The molecular weight excluding hydrogens is 335 g/mol. The van der Waals surface area contributed by atoms with Gasteiger partial charge in [0, 0.05) is 17.0 Å². The minimum absolute atomic E-state index is 0.0157. The Morgan fingerprint density at radius 2 is 1.96 bits per heavy atom. The SMILES string of the molecule is Cc1cc(C)n2c(CNC(=O)c3cccc(C(F)(F)F)c3)nnc2n1. The normalized spacial score (nSPS) is 11.7. The van der Waals surface area contributed by atoms with Gasteiger partial charge in [-0.25, -0.2) is 4.98 Å². The number of aryl methyl sites for hydroxylation is 2. The molecule has 1 N–H and O–H groups in total. The zero-order valence-corrected chi connectivity index (χ0v) is 13.4. The van der Waals surface area contributed by atoms with Gasteiger partial charge in [0.25, 0.3) is 11.7 Å². The number of hydrogen-bond acceptors (Lipinski definition) is 4. The van der Waals surface area contributed by atoms with Gasteiger partial charge in [0.2, 0.25) is 0 Å². The molecule has 0 aliphatic rings. The summed E-state index contributed by atoms with van der Waals surface area (Å²) < 4.78 is 39.9. The van der Waals surface area contributed by atoms with Gasteiger partial charge in [-0.3, -0.25) is 9.20 Å². The van der Waals surface area contributed by atoms with Crippen molar-refractivity contribution in [2.75, 3.05) is 0 Å². The highest BCUT2D eigenvalue weighted by atomic mass is 19.4. The topological polar surface area (TPSA) is 72.2 Å². The molecule has 2 heterocycles. The van der Waals surface area contributed by atoms with Crippen LogP contribution in [0.25, 0.3) is 5.78 Å². The summed E-state index contributed by atoms with van der Waals surface area (Å²) in [6.07, 6.45) is -4.50. The fourth-order valence-electron chi connectivity index (χ4n) is 2.51. The van der Waals surface area contributed by atoms with Gasteiger partial charge in [-0.1, -0.05) is 6.07 Å². The Bertz CT molecular complexity index is 949. The molecule has 2 aromatic heterocycles. The summed E-state index contributed by atoms with van der Waals surface area (Å²) in [7, 11) is 0. The van der Waals surface area contributed by atoms with Gasteiger partial charge in [-0.2, -0.15) is 13.2 Å². The quantitative estimate of drug-likeness (QED) is 0.789. The van der Waals surface area contributed by atoms with E-state index >= 15 is 0 Å². The van der Waals surface area contributed by atoms with Gasteiger partial charge >= 0.3 is 6.18 Å². The van der Waals surface area contributed by atoms with Gasteiger partial charge in [0.05, 0.1) is 12.1 Å². The zero-order chi connectivity index (χ0) is 18.2. The Kier molecular flexibility index (Phi) is 4.15. The van der Waals surface area contributed by atoms with Crippen molar-refractivity contribution in [1.82, 2.24) is 24.9 Å². The third-order valence-corrected chi connectivity index (χ3v) is 3.62. The average Bonchev–Trinajstić information content (AvgIpc) is 2.95. The highest BCUT2D eigenvalue weighted by Gasteiger charge is 2.30.